The van der Waals surface area contributed by atoms with Gasteiger partial charge in [0.05, 0.1) is 0 Å². The van der Waals surface area contributed by atoms with Crippen molar-refractivity contribution >= 4 is 16.9 Å². The van der Waals surface area contributed by atoms with Gasteiger partial charge in [-0.2, -0.15) is 0 Å². The van der Waals surface area contributed by atoms with Gasteiger partial charge < -0.3 is 5.32 Å². The molecule has 1 aliphatic rings. The molecule has 0 saturated carbocycles. The highest BCUT2D eigenvalue weighted by Gasteiger charge is 2.19. The molecule has 1 unspecified atom stereocenters. The second-order valence-corrected chi connectivity index (χ2v) is 4.50. The van der Waals surface area contributed by atoms with Crippen LogP contribution in [0.5, 0.6) is 0 Å². The van der Waals surface area contributed by atoms with E-state index in [2.05, 4.69) is 34.3 Å². The van der Waals surface area contributed by atoms with Crippen LogP contribution in [0.1, 0.15) is 12.5 Å². The summed E-state index contributed by atoms with van der Waals surface area (Å²) < 4.78 is 0. The zero-order chi connectivity index (χ0) is 10.5. The lowest BCUT2D eigenvalue weighted by atomic mass is 10.1. The molecule has 1 aliphatic heterocycles. The molecule has 1 aromatic rings. The molecule has 2 rings (SSSR count). The molecular weight excluding hydrogens is 206 g/mol. The molecular formula is C11H15N3S. The minimum atomic E-state index is 0.516. The number of hydrogen-bond acceptors (Lipinski definition) is 3. The quantitative estimate of drug-likeness (QED) is 0.844. The summed E-state index contributed by atoms with van der Waals surface area (Å²) in [7, 11) is 0. The molecule has 0 radical (unpaired) electrons. The Morgan fingerprint density at radius 1 is 1.53 bits per heavy atom. The van der Waals surface area contributed by atoms with Crippen LogP contribution in [0.4, 0.5) is 0 Å². The first-order valence-corrected chi connectivity index (χ1v) is 6.19. The summed E-state index contributed by atoms with van der Waals surface area (Å²) in [5, 5.41) is 4.53. The average Bonchev–Trinajstić information content (AvgIpc) is 2.68. The number of aromatic nitrogens is 1. The van der Waals surface area contributed by atoms with Crippen molar-refractivity contribution in [1.29, 1.82) is 0 Å². The van der Waals surface area contributed by atoms with Crippen LogP contribution in [0.2, 0.25) is 0 Å². The van der Waals surface area contributed by atoms with E-state index in [1.807, 2.05) is 24.2 Å². The highest BCUT2D eigenvalue weighted by atomic mass is 32.2. The molecule has 80 valence electrons. The summed E-state index contributed by atoms with van der Waals surface area (Å²) in [5.41, 5.74) is 1.33. The first-order chi connectivity index (χ1) is 7.38. The van der Waals surface area contributed by atoms with E-state index in [1.165, 1.54) is 5.56 Å². The summed E-state index contributed by atoms with van der Waals surface area (Å²) in [6.07, 6.45) is 4.75. The highest BCUT2D eigenvalue weighted by Crippen LogP contribution is 2.16. The summed E-state index contributed by atoms with van der Waals surface area (Å²) >= 11 is 1.82. The van der Waals surface area contributed by atoms with Gasteiger partial charge in [0, 0.05) is 30.7 Å². The topological polar surface area (TPSA) is 37.3 Å². The van der Waals surface area contributed by atoms with Crippen molar-refractivity contribution in [2.24, 2.45) is 4.99 Å². The van der Waals surface area contributed by atoms with Crippen molar-refractivity contribution in [2.45, 2.75) is 19.4 Å². The van der Waals surface area contributed by atoms with Crippen molar-refractivity contribution in [3.8, 4) is 0 Å². The molecule has 3 nitrogen and oxygen atoms in total. The number of rotatable bonds is 3. The Balaban J connectivity index is 1.90. The van der Waals surface area contributed by atoms with Gasteiger partial charge in [0.2, 0.25) is 0 Å². The van der Waals surface area contributed by atoms with Gasteiger partial charge in [0.15, 0.2) is 5.17 Å². The second-order valence-electron chi connectivity index (χ2n) is 3.49. The number of thioether (sulfide) groups is 1. The van der Waals surface area contributed by atoms with Crippen LogP contribution in [0, 0.1) is 0 Å². The lowest BCUT2D eigenvalue weighted by Crippen LogP contribution is -2.29. The fraction of sp³-hybridized carbons (Fsp3) is 0.455. The zero-order valence-corrected chi connectivity index (χ0v) is 9.63. The molecule has 4 heteroatoms. The minimum absolute atomic E-state index is 0.516. The molecule has 1 atom stereocenters. The van der Waals surface area contributed by atoms with E-state index in [0.717, 1.165) is 23.9 Å². The van der Waals surface area contributed by atoms with E-state index >= 15 is 0 Å². The van der Waals surface area contributed by atoms with Gasteiger partial charge in [0.25, 0.3) is 0 Å². The normalized spacial score (nSPS) is 23.0. The molecule has 0 spiro atoms. The minimum Gasteiger partial charge on any atom is -0.361 e. The number of amidine groups is 1. The van der Waals surface area contributed by atoms with Crippen molar-refractivity contribution in [3.05, 3.63) is 30.1 Å². The predicted molar refractivity (Wildman–Crippen MR) is 65.3 cm³/mol. The van der Waals surface area contributed by atoms with Crippen molar-refractivity contribution < 1.29 is 0 Å². The van der Waals surface area contributed by atoms with Crippen molar-refractivity contribution in [3.63, 3.8) is 0 Å². The zero-order valence-electron chi connectivity index (χ0n) is 8.81. The molecule has 1 N–H and O–H groups in total. The third kappa shape index (κ3) is 2.96. The number of aliphatic imine (C=N–C) groups is 1. The third-order valence-electron chi connectivity index (χ3n) is 2.28. The number of hydrogen-bond donors (Lipinski definition) is 1. The van der Waals surface area contributed by atoms with Gasteiger partial charge in [-0.1, -0.05) is 11.8 Å². The number of pyridine rings is 1. The Labute approximate surface area is 94.4 Å². The Bertz CT molecular complexity index is 337. The van der Waals surface area contributed by atoms with E-state index in [-0.39, 0.29) is 0 Å². The van der Waals surface area contributed by atoms with E-state index in [4.69, 9.17) is 0 Å². The maximum absolute atomic E-state index is 4.37. The first-order valence-electron chi connectivity index (χ1n) is 5.21. The maximum Gasteiger partial charge on any atom is 0.156 e. The molecule has 0 bridgehead atoms. The van der Waals surface area contributed by atoms with Crippen LogP contribution in [0.3, 0.4) is 0 Å². The Morgan fingerprint density at radius 3 is 3.07 bits per heavy atom. The van der Waals surface area contributed by atoms with Crippen LogP contribution in [0.15, 0.2) is 29.5 Å². The Hall–Kier alpha value is -1.03. The summed E-state index contributed by atoms with van der Waals surface area (Å²) in [5.74, 6) is 1.11. The van der Waals surface area contributed by atoms with Crippen LogP contribution in [-0.2, 0) is 6.42 Å². The Morgan fingerprint density at radius 2 is 2.33 bits per heavy atom. The van der Waals surface area contributed by atoms with E-state index in [1.54, 1.807) is 0 Å². The first kappa shape index (κ1) is 10.5. The van der Waals surface area contributed by atoms with Gasteiger partial charge in [-0.05, 0) is 31.0 Å². The lowest BCUT2D eigenvalue weighted by molar-refractivity contribution is 0.686. The maximum atomic E-state index is 4.37. The van der Waals surface area contributed by atoms with E-state index in [0.29, 0.717) is 6.04 Å². The molecule has 1 fully saturated rings. The van der Waals surface area contributed by atoms with Crippen molar-refractivity contribution in [1.82, 2.24) is 10.3 Å². The van der Waals surface area contributed by atoms with Gasteiger partial charge in [-0.25, -0.2) is 0 Å². The monoisotopic (exact) mass is 221 g/mol. The number of nitrogens with zero attached hydrogens (tertiary/aromatic N) is 2. The largest absolute Gasteiger partial charge is 0.361 e. The Kier molecular flexibility index (Phi) is 3.61. The molecule has 1 saturated heterocycles. The lowest BCUT2D eigenvalue weighted by Gasteiger charge is -2.09. The van der Waals surface area contributed by atoms with Crippen molar-refractivity contribution in [2.75, 3.05) is 12.3 Å². The molecule has 2 heterocycles. The standard InChI is InChI=1S/C11H15N3S/c1-2-13-11-14-10(8-15-11)7-9-3-5-12-6-4-9/h3-6,10H,2,7-8H2,1H3,(H,13,14). The summed E-state index contributed by atoms with van der Waals surface area (Å²) in [6.45, 7) is 2.92. The summed E-state index contributed by atoms with van der Waals surface area (Å²) in [6, 6.07) is 4.66. The molecule has 1 aromatic heterocycles. The fourth-order valence-corrected chi connectivity index (χ4v) is 2.62. The van der Waals surface area contributed by atoms with Gasteiger partial charge >= 0.3 is 0 Å². The van der Waals surface area contributed by atoms with Gasteiger partial charge in [-0.15, -0.1) is 0 Å². The second kappa shape index (κ2) is 5.16. The van der Waals surface area contributed by atoms with Crippen LogP contribution in [-0.4, -0.2) is 28.5 Å². The molecule has 15 heavy (non-hydrogen) atoms. The van der Waals surface area contributed by atoms with Crippen LogP contribution in [0.25, 0.3) is 0 Å². The van der Waals surface area contributed by atoms with Crippen LogP contribution >= 0.6 is 11.8 Å². The highest BCUT2D eigenvalue weighted by molar-refractivity contribution is 8.14. The molecule has 0 amide bonds. The van der Waals surface area contributed by atoms with E-state index < -0.39 is 0 Å². The smallest absolute Gasteiger partial charge is 0.156 e. The molecule has 0 aliphatic carbocycles. The van der Waals surface area contributed by atoms with Gasteiger partial charge in [0.1, 0.15) is 0 Å². The van der Waals surface area contributed by atoms with Gasteiger partial charge in [-0.3, -0.25) is 9.98 Å². The van der Waals surface area contributed by atoms with Crippen LogP contribution < -0.4 is 5.32 Å². The number of nitrogens with one attached hydrogen (secondary N) is 1. The average molecular weight is 221 g/mol. The fourth-order valence-electron chi connectivity index (χ4n) is 1.59. The molecule has 0 aromatic carbocycles. The third-order valence-corrected chi connectivity index (χ3v) is 3.37. The summed E-state index contributed by atoms with van der Waals surface area (Å²) in [4.78, 5) is 8.39. The SMILES string of the molecule is CCN=C1NC(Cc2ccncc2)CS1. The predicted octanol–water partition coefficient (Wildman–Crippen LogP) is 1.71. The van der Waals surface area contributed by atoms with E-state index in [9.17, 15) is 0 Å².